The number of thiophene rings is 1. The molecule has 0 aliphatic heterocycles. The quantitative estimate of drug-likeness (QED) is 0.824. The van der Waals surface area contributed by atoms with Crippen LogP contribution in [0.2, 0.25) is 0 Å². The SMILES string of the molecule is Cn1ccsc1=NC(=O)CCc1cccs1. The Morgan fingerprint density at radius 2 is 2.31 bits per heavy atom. The summed E-state index contributed by atoms with van der Waals surface area (Å²) in [6.45, 7) is 0. The highest BCUT2D eigenvalue weighted by molar-refractivity contribution is 7.09. The van der Waals surface area contributed by atoms with Crippen molar-refractivity contribution in [1.82, 2.24) is 4.57 Å². The molecule has 0 atom stereocenters. The van der Waals surface area contributed by atoms with E-state index in [2.05, 4.69) is 4.99 Å². The van der Waals surface area contributed by atoms with E-state index in [-0.39, 0.29) is 5.91 Å². The van der Waals surface area contributed by atoms with Crippen molar-refractivity contribution in [3.8, 4) is 0 Å². The van der Waals surface area contributed by atoms with Gasteiger partial charge in [0.15, 0.2) is 4.80 Å². The third-order valence-electron chi connectivity index (χ3n) is 2.15. The molecule has 1 amide bonds. The molecule has 2 aromatic rings. The zero-order valence-electron chi connectivity index (χ0n) is 8.92. The lowest BCUT2D eigenvalue weighted by Gasteiger charge is -1.93. The first kappa shape index (κ1) is 11.3. The minimum Gasteiger partial charge on any atom is -0.327 e. The summed E-state index contributed by atoms with van der Waals surface area (Å²) in [4.78, 5) is 17.6. The van der Waals surface area contributed by atoms with E-state index >= 15 is 0 Å². The summed E-state index contributed by atoms with van der Waals surface area (Å²) < 4.78 is 1.85. The molecule has 0 spiro atoms. The summed E-state index contributed by atoms with van der Waals surface area (Å²) in [6, 6.07) is 4.05. The minimum atomic E-state index is -0.0496. The zero-order chi connectivity index (χ0) is 11.4. The van der Waals surface area contributed by atoms with Crippen LogP contribution < -0.4 is 4.80 Å². The predicted molar refractivity (Wildman–Crippen MR) is 66.5 cm³/mol. The number of aromatic nitrogens is 1. The fourth-order valence-corrected chi connectivity index (χ4v) is 2.74. The van der Waals surface area contributed by atoms with Crippen LogP contribution in [0.15, 0.2) is 34.1 Å². The van der Waals surface area contributed by atoms with Gasteiger partial charge in [-0.05, 0) is 17.9 Å². The van der Waals surface area contributed by atoms with Crippen LogP contribution in [0.1, 0.15) is 11.3 Å². The molecule has 0 aliphatic carbocycles. The van der Waals surface area contributed by atoms with Gasteiger partial charge in [-0.25, -0.2) is 0 Å². The Morgan fingerprint density at radius 1 is 1.44 bits per heavy atom. The predicted octanol–water partition coefficient (Wildman–Crippen LogP) is 2.21. The van der Waals surface area contributed by atoms with Gasteiger partial charge in [-0.2, -0.15) is 4.99 Å². The molecular weight excluding hydrogens is 240 g/mol. The summed E-state index contributed by atoms with van der Waals surface area (Å²) in [5.41, 5.74) is 0. The number of carbonyl (C=O) groups is 1. The first-order chi connectivity index (χ1) is 7.75. The highest BCUT2D eigenvalue weighted by Crippen LogP contribution is 2.10. The van der Waals surface area contributed by atoms with E-state index < -0.39 is 0 Å². The topological polar surface area (TPSA) is 34.4 Å². The molecule has 0 unspecified atom stereocenters. The molecule has 2 aromatic heterocycles. The Labute approximate surface area is 102 Å². The second-order valence-electron chi connectivity index (χ2n) is 3.38. The van der Waals surface area contributed by atoms with Crippen LogP contribution in [-0.4, -0.2) is 10.5 Å². The zero-order valence-corrected chi connectivity index (χ0v) is 10.6. The van der Waals surface area contributed by atoms with E-state index in [9.17, 15) is 4.79 Å². The van der Waals surface area contributed by atoms with Gasteiger partial charge in [0.25, 0.3) is 0 Å². The van der Waals surface area contributed by atoms with Crippen LogP contribution in [0.25, 0.3) is 0 Å². The van der Waals surface area contributed by atoms with Gasteiger partial charge in [0.1, 0.15) is 0 Å². The van der Waals surface area contributed by atoms with Crippen molar-refractivity contribution in [2.45, 2.75) is 12.8 Å². The number of thiazole rings is 1. The molecule has 0 fully saturated rings. The van der Waals surface area contributed by atoms with Crippen molar-refractivity contribution < 1.29 is 4.79 Å². The summed E-state index contributed by atoms with van der Waals surface area (Å²) in [5, 5.41) is 3.95. The maximum absolute atomic E-state index is 11.6. The van der Waals surface area contributed by atoms with Gasteiger partial charge in [-0.15, -0.1) is 22.7 Å². The molecule has 0 bridgehead atoms. The van der Waals surface area contributed by atoms with Gasteiger partial charge in [-0.1, -0.05) is 6.07 Å². The maximum atomic E-state index is 11.6. The number of hydrogen-bond donors (Lipinski definition) is 0. The van der Waals surface area contributed by atoms with Crippen LogP contribution in [0, 0.1) is 0 Å². The van der Waals surface area contributed by atoms with E-state index in [1.165, 1.54) is 16.2 Å². The molecule has 0 N–H and O–H groups in total. The van der Waals surface area contributed by atoms with Crippen molar-refractivity contribution in [2.24, 2.45) is 12.0 Å². The Kier molecular flexibility index (Phi) is 3.69. The number of aryl methyl sites for hydroxylation is 2. The van der Waals surface area contributed by atoms with Gasteiger partial charge in [0, 0.05) is 29.9 Å². The second kappa shape index (κ2) is 5.23. The fraction of sp³-hybridized carbons (Fsp3) is 0.273. The fourth-order valence-electron chi connectivity index (χ4n) is 1.28. The van der Waals surface area contributed by atoms with Crippen LogP contribution >= 0.6 is 22.7 Å². The van der Waals surface area contributed by atoms with Crippen LogP contribution in [0.5, 0.6) is 0 Å². The Bertz CT molecular complexity index is 522. The average Bonchev–Trinajstić information content (AvgIpc) is 2.88. The van der Waals surface area contributed by atoms with Gasteiger partial charge < -0.3 is 4.57 Å². The molecule has 0 aromatic carbocycles. The number of nitrogens with zero attached hydrogens (tertiary/aromatic N) is 2. The van der Waals surface area contributed by atoms with Crippen molar-refractivity contribution in [2.75, 3.05) is 0 Å². The Morgan fingerprint density at radius 3 is 2.94 bits per heavy atom. The number of amides is 1. The van der Waals surface area contributed by atoms with E-state index in [4.69, 9.17) is 0 Å². The van der Waals surface area contributed by atoms with Crippen LogP contribution in [0.3, 0.4) is 0 Å². The third kappa shape index (κ3) is 2.90. The first-order valence-electron chi connectivity index (χ1n) is 4.96. The highest BCUT2D eigenvalue weighted by atomic mass is 32.1. The Balaban J connectivity index is 1.97. The molecule has 2 rings (SSSR count). The molecule has 84 valence electrons. The lowest BCUT2D eigenvalue weighted by atomic mass is 10.2. The molecule has 5 heteroatoms. The van der Waals surface area contributed by atoms with E-state index in [0.717, 1.165) is 11.2 Å². The molecule has 3 nitrogen and oxygen atoms in total. The normalized spacial score (nSPS) is 11.9. The Hall–Kier alpha value is -1.20. The molecular formula is C11H12N2OS2. The van der Waals surface area contributed by atoms with Crippen molar-refractivity contribution >= 4 is 28.6 Å². The van der Waals surface area contributed by atoms with Crippen molar-refractivity contribution in [3.63, 3.8) is 0 Å². The van der Waals surface area contributed by atoms with Gasteiger partial charge in [-0.3, -0.25) is 4.79 Å². The van der Waals surface area contributed by atoms with Gasteiger partial charge in [0.2, 0.25) is 5.91 Å². The van der Waals surface area contributed by atoms with Crippen molar-refractivity contribution in [1.29, 1.82) is 0 Å². The smallest absolute Gasteiger partial charge is 0.248 e. The number of carbonyl (C=O) groups excluding carboxylic acids is 1. The number of hydrogen-bond acceptors (Lipinski definition) is 3. The molecule has 0 saturated heterocycles. The van der Waals surface area contributed by atoms with Crippen molar-refractivity contribution in [3.05, 3.63) is 38.8 Å². The summed E-state index contributed by atoms with van der Waals surface area (Å²) >= 11 is 3.16. The first-order valence-corrected chi connectivity index (χ1v) is 6.72. The van der Waals surface area contributed by atoms with Gasteiger partial charge >= 0.3 is 0 Å². The van der Waals surface area contributed by atoms with E-state index in [1.54, 1.807) is 11.3 Å². The summed E-state index contributed by atoms with van der Waals surface area (Å²) in [5.74, 6) is -0.0496. The second-order valence-corrected chi connectivity index (χ2v) is 5.29. The van der Waals surface area contributed by atoms with Crippen LogP contribution in [0.4, 0.5) is 0 Å². The third-order valence-corrected chi connectivity index (χ3v) is 3.93. The van der Waals surface area contributed by atoms with Crippen LogP contribution in [-0.2, 0) is 18.3 Å². The number of rotatable bonds is 3. The lowest BCUT2D eigenvalue weighted by molar-refractivity contribution is -0.118. The van der Waals surface area contributed by atoms with Gasteiger partial charge in [0.05, 0.1) is 0 Å². The monoisotopic (exact) mass is 252 g/mol. The lowest BCUT2D eigenvalue weighted by Crippen LogP contribution is -2.12. The molecule has 2 heterocycles. The highest BCUT2D eigenvalue weighted by Gasteiger charge is 2.01. The van der Waals surface area contributed by atoms with E-state index in [1.807, 2.05) is 40.7 Å². The minimum absolute atomic E-state index is 0.0496. The largest absolute Gasteiger partial charge is 0.327 e. The molecule has 0 saturated carbocycles. The molecule has 0 radical (unpaired) electrons. The average molecular weight is 252 g/mol. The standard InChI is InChI=1S/C11H12N2OS2/c1-13-6-8-16-11(13)12-10(14)5-4-9-3-2-7-15-9/h2-3,6-8H,4-5H2,1H3. The maximum Gasteiger partial charge on any atom is 0.248 e. The van der Waals surface area contributed by atoms with E-state index in [0.29, 0.717) is 6.42 Å². The summed E-state index contributed by atoms with van der Waals surface area (Å²) in [7, 11) is 1.89. The summed E-state index contributed by atoms with van der Waals surface area (Å²) in [6.07, 6.45) is 3.17. The molecule has 16 heavy (non-hydrogen) atoms. The molecule has 0 aliphatic rings.